The molecular weight excluding hydrogens is 234 g/mol. The Morgan fingerprint density at radius 1 is 0.684 bits per heavy atom. The van der Waals surface area contributed by atoms with Gasteiger partial charge in [-0.2, -0.15) is 0 Å². The molecule has 0 unspecified atom stereocenters. The van der Waals surface area contributed by atoms with Crippen LogP contribution in [0.2, 0.25) is 0 Å². The van der Waals surface area contributed by atoms with Crippen LogP contribution >= 0.6 is 0 Å². The van der Waals surface area contributed by atoms with Gasteiger partial charge in [-0.05, 0) is 36.4 Å². The summed E-state index contributed by atoms with van der Waals surface area (Å²) in [5.41, 5.74) is 10.2. The fraction of sp³-hybridized carbons (Fsp3) is 0. The number of hydrogen-bond acceptors (Lipinski definition) is 3. The number of aromatic nitrogens is 2. The van der Waals surface area contributed by atoms with E-state index in [0.717, 1.165) is 28.3 Å². The van der Waals surface area contributed by atoms with Crippen molar-refractivity contribution in [3.63, 3.8) is 0 Å². The Morgan fingerprint density at radius 3 is 2.16 bits per heavy atom. The maximum atomic E-state index is 5.70. The lowest BCUT2D eigenvalue weighted by Crippen LogP contribution is -1.90. The predicted molar refractivity (Wildman–Crippen MR) is 77.3 cm³/mol. The van der Waals surface area contributed by atoms with Crippen LogP contribution in [0, 0.1) is 0 Å². The second-order valence-electron chi connectivity index (χ2n) is 4.25. The van der Waals surface area contributed by atoms with Crippen molar-refractivity contribution in [1.82, 2.24) is 9.97 Å². The van der Waals surface area contributed by atoms with Crippen molar-refractivity contribution in [2.24, 2.45) is 0 Å². The SMILES string of the molecule is Nc1ccc(-c2cccc(-c3ccccn3)n2)cc1. The monoisotopic (exact) mass is 247 g/mol. The molecule has 3 heteroatoms. The lowest BCUT2D eigenvalue weighted by molar-refractivity contribution is 1.25. The fourth-order valence-corrected chi connectivity index (χ4v) is 1.91. The molecule has 0 bridgehead atoms. The minimum atomic E-state index is 0.754. The van der Waals surface area contributed by atoms with Gasteiger partial charge in [0.15, 0.2) is 0 Å². The summed E-state index contributed by atoms with van der Waals surface area (Å²) in [5, 5.41) is 0. The molecule has 0 amide bonds. The van der Waals surface area contributed by atoms with E-state index in [9.17, 15) is 0 Å². The zero-order chi connectivity index (χ0) is 13.1. The van der Waals surface area contributed by atoms with E-state index in [1.807, 2.05) is 60.7 Å². The Labute approximate surface area is 111 Å². The lowest BCUT2D eigenvalue weighted by atomic mass is 10.1. The minimum Gasteiger partial charge on any atom is -0.399 e. The zero-order valence-corrected chi connectivity index (χ0v) is 10.3. The average Bonchev–Trinajstić information content (AvgIpc) is 2.49. The van der Waals surface area contributed by atoms with E-state index in [1.165, 1.54) is 0 Å². The molecule has 0 atom stereocenters. The first-order valence-corrected chi connectivity index (χ1v) is 6.07. The molecule has 0 aliphatic carbocycles. The van der Waals surface area contributed by atoms with E-state index in [-0.39, 0.29) is 0 Å². The van der Waals surface area contributed by atoms with Gasteiger partial charge in [-0.25, -0.2) is 4.98 Å². The quantitative estimate of drug-likeness (QED) is 0.706. The number of anilines is 1. The third-order valence-corrected chi connectivity index (χ3v) is 2.88. The van der Waals surface area contributed by atoms with E-state index in [4.69, 9.17) is 5.73 Å². The molecule has 1 aromatic carbocycles. The van der Waals surface area contributed by atoms with E-state index in [2.05, 4.69) is 9.97 Å². The Balaban J connectivity index is 2.03. The standard InChI is InChI=1S/C16H13N3/c17-13-9-7-12(8-10-13)14-5-3-6-16(19-14)15-4-1-2-11-18-15/h1-11H,17H2. The van der Waals surface area contributed by atoms with Gasteiger partial charge < -0.3 is 5.73 Å². The van der Waals surface area contributed by atoms with Crippen LogP contribution in [-0.2, 0) is 0 Å². The molecule has 19 heavy (non-hydrogen) atoms. The van der Waals surface area contributed by atoms with Crippen LogP contribution in [0.4, 0.5) is 5.69 Å². The first-order valence-electron chi connectivity index (χ1n) is 6.07. The third kappa shape index (κ3) is 2.45. The highest BCUT2D eigenvalue weighted by Gasteiger charge is 2.03. The number of nitrogens with two attached hydrogens (primary N) is 1. The molecule has 0 saturated carbocycles. The maximum absolute atomic E-state index is 5.70. The van der Waals surface area contributed by atoms with Crippen molar-refractivity contribution in [3.05, 3.63) is 66.9 Å². The van der Waals surface area contributed by atoms with Gasteiger partial charge in [-0.15, -0.1) is 0 Å². The van der Waals surface area contributed by atoms with Crippen molar-refractivity contribution in [1.29, 1.82) is 0 Å². The Bertz CT molecular complexity index is 676. The molecule has 0 radical (unpaired) electrons. The van der Waals surface area contributed by atoms with E-state index in [1.54, 1.807) is 6.20 Å². The first-order chi connectivity index (χ1) is 9.33. The Kier molecular flexibility index (Phi) is 2.94. The fourth-order valence-electron chi connectivity index (χ4n) is 1.91. The Morgan fingerprint density at radius 2 is 1.42 bits per heavy atom. The highest BCUT2D eigenvalue weighted by atomic mass is 14.8. The van der Waals surface area contributed by atoms with Crippen LogP contribution in [-0.4, -0.2) is 9.97 Å². The van der Waals surface area contributed by atoms with Gasteiger partial charge in [0, 0.05) is 17.4 Å². The maximum Gasteiger partial charge on any atom is 0.0893 e. The highest BCUT2D eigenvalue weighted by molar-refractivity contribution is 5.65. The topological polar surface area (TPSA) is 51.8 Å². The van der Waals surface area contributed by atoms with Crippen LogP contribution in [0.3, 0.4) is 0 Å². The van der Waals surface area contributed by atoms with Crippen LogP contribution in [0.25, 0.3) is 22.6 Å². The second-order valence-corrected chi connectivity index (χ2v) is 4.25. The van der Waals surface area contributed by atoms with Gasteiger partial charge in [-0.3, -0.25) is 4.98 Å². The summed E-state index contributed by atoms with van der Waals surface area (Å²) < 4.78 is 0. The van der Waals surface area contributed by atoms with Gasteiger partial charge in [0.05, 0.1) is 17.1 Å². The minimum absolute atomic E-state index is 0.754. The summed E-state index contributed by atoms with van der Waals surface area (Å²) in [6, 6.07) is 19.4. The number of pyridine rings is 2. The summed E-state index contributed by atoms with van der Waals surface area (Å²) in [7, 11) is 0. The summed E-state index contributed by atoms with van der Waals surface area (Å²) in [5.74, 6) is 0. The summed E-state index contributed by atoms with van der Waals surface area (Å²) in [4.78, 5) is 8.95. The highest BCUT2D eigenvalue weighted by Crippen LogP contribution is 2.21. The molecule has 2 N–H and O–H groups in total. The molecule has 3 nitrogen and oxygen atoms in total. The average molecular weight is 247 g/mol. The largest absolute Gasteiger partial charge is 0.399 e. The van der Waals surface area contributed by atoms with Gasteiger partial charge >= 0.3 is 0 Å². The molecule has 0 saturated heterocycles. The molecular formula is C16H13N3. The van der Waals surface area contributed by atoms with Gasteiger partial charge in [-0.1, -0.05) is 24.3 Å². The number of nitrogens with zero attached hydrogens (tertiary/aromatic N) is 2. The first kappa shape index (κ1) is 11.4. The molecule has 0 fully saturated rings. The van der Waals surface area contributed by atoms with Crippen LogP contribution in [0.1, 0.15) is 0 Å². The van der Waals surface area contributed by atoms with E-state index < -0.39 is 0 Å². The van der Waals surface area contributed by atoms with Crippen LogP contribution in [0.15, 0.2) is 66.9 Å². The van der Waals surface area contributed by atoms with Crippen LogP contribution in [0.5, 0.6) is 0 Å². The third-order valence-electron chi connectivity index (χ3n) is 2.88. The summed E-state index contributed by atoms with van der Waals surface area (Å²) >= 11 is 0. The smallest absolute Gasteiger partial charge is 0.0893 e. The molecule has 92 valence electrons. The van der Waals surface area contributed by atoms with Crippen LogP contribution < -0.4 is 5.73 Å². The van der Waals surface area contributed by atoms with Gasteiger partial charge in [0.1, 0.15) is 0 Å². The molecule has 3 rings (SSSR count). The predicted octanol–water partition coefficient (Wildman–Crippen LogP) is 3.39. The molecule has 0 spiro atoms. The number of rotatable bonds is 2. The van der Waals surface area contributed by atoms with Gasteiger partial charge in [0.25, 0.3) is 0 Å². The Hall–Kier alpha value is -2.68. The van der Waals surface area contributed by atoms with Crippen molar-refractivity contribution in [3.8, 4) is 22.6 Å². The molecule has 2 heterocycles. The molecule has 3 aromatic rings. The number of hydrogen-bond donors (Lipinski definition) is 1. The molecule has 2 aromatic heterocycles. The van der Waals surface area contributed by atoms with E-state index in [0.29, 0.717) is 0 Å². The summed E-state index contributed by atoms with van der Waals surface area (Å²) in [6.45, 7) is 0. The van der Waals surface area contributed by atoms with Crippen molar-refractivity contribution >= 4 is 5.69 Å². The molecule has 0 aliphatic rings. The van der Waals surface area contributed by atoms with Gasteiger partial charge in [0.2, 0.25) is 0 Å². The van der Waals surface area contributed by atoms with Crippen molar-refractivity contribution in [2.75, 3.05) is 5.73 Å². The van der Waals surface area contributed by atoms with E-state index >= 15 is 0 Å². The van der Waals surface area contributed by atoms with Crippen molar-refractivity contribution in [2.45, 2.75) is 0 Å². The second kappa shape index (κ2) is 4.90. The zero-order valence-electron chi connectivity index (χ0n) is 10.3. The normalized spacial score (nSPS) is 10.3. The molecule has 0 aliphatic heterocycles. The number of benzene rings is 1. The van der Waals surface area contributed by atoms with Crippen molar-refractivity contribution < 1.29 is 0 Å². The summed E-state index contributed by atoms with van der Waals surface area (Å²) in [6.07, 6.45) is 1.77. The number of nitrogen functional groups attached to an aromatic ring is 1. The lowest BCUT2D eigenvalue weighted by Gasteiger charge is -2.04.